The second-order valence-corrected chi connectivity index (χ2v) is 7.11. The summed E-state index contributed by atoms with van der Waals surface area (Å²) < 4.78 is 83.0. The molecule has 2 nitrogen and oxygen atoms in total. The van der Waals surface area contributed by atoms with Gasteiger partial charge in [0.1, 0.15) is 0 Å². The molecule has 0 radical (unpaired) electrons. The number of aryl methyl sites for hydroxylation is 1. The lowest BCUT2D eigenvalue weighted by atomic mass is 10.1. The summed E-state index contributed by atoms with van der Waals surface area (Å²) in [6.07, 6.45) is -9.55. The Morgan fingerprint density at radius 1 is 0.581 bits per heavy atom. The molecule has 0 heterocycles. The van der Waals surface area contributed by atoms with E-state index < -0.39 is 25.7 Å². The van der Waals surface area contributed by atoms with Gasteiger partial charge in [-0.3, -0.25) is 9.80 Å². The molecule has 0 spiro atoms. The van der Waals surface area contributed by atoms with Crippen molar-refractivity contribution in [2.24, 2.45) is 0 Å². The first kappa shape index (κ1) is 22.5. The van der Waals surface area contributed by atoms with Crippen LogP contribution < -0.4 is 9.80 Å². The monoisotopic (exact) mass is 438 g/mol. The van der Waals surface area contributed by atoms with E-state index in [0.29, 0.717) is 11.1 Å². The number of alkyl halides is 6. The Morgan fingerprint density at radius 2 is 0.935 bits per heavy atom. The fourth-order valence-electron chi connectivity index (χ4n) is 3.24. The Labute approximate surface area is 176 Å². The van der Waals surface area contributed by atoms with Crippen LogP contribution in [0.2, 0.25) is 0 Å². The number of halogens is 6. The third kappa shape index (κ3) is 5.93. The maximum atomic E-state index is 13.8. The van der Waals surface area contributed by atoms with Crippen LogP contribution >= 0.6 is 0 Å². The highest BCUT2D eigenvalue weighted by Gasteiger charge is 2.40. The summed E-state index contributed by atoms with van der Waals surface area (Å²) in [7, 11) is 0. The van der Waals surface area contributed by atoms with Crippen molar-refractivity contribution in [3.8, 4) is 0 Å². The van der Waals surface area contributed by atoms with Crippen LogP contribution in [-0.4, -0.2) is 12.6 Å². The molecule has 3 aromatic rings. The third-order valence-electron chi connectivity index (χ3n) is 4.65. The summed E-state index contributed by atoms with van der Waals surface area (Å²) in [4.78, 5) is 0.297. The first-order chi connectivity index (χ1) is 14.5. The van der Waals surface area contributed by atoms with Gasteiger partial charge >= 0.3 is 12.6 Å². The van der Waals surface area contributed by atoms with E-state index >= 15 is 0 Å². The van der Waals surface area contributed by atoms with E-state index in [-0.39, 0.29) is 26.7 Å². The van der Waals surface area contributed by atoms with Gasteiger partial charge in [-0.2, -0.15) is 26.3 Å². The topological polar surface area (TPSA) is 6.48 Å². The van der Waals surface area contributed by atoms with E-state index in [1.165, 1.54) is 43.3 Å². The summed E-state index contributed by atoms with van der Waals surface area (Å²) in [6, 6.07) is 19.3. The largest absolute Gasteiger partial charge is 0.485 e. The van der Waals surface area contributed by atoms with Gasteiger partial charge in [0.05, 0.1) is 13.1 Å². The lowest BCUT2D eigenvalue weighted by Gasteiger charge is -2.31. The van der Waals surface area contributed by atoms with Crippen LogP contribution in [-0.2, 0) is 13.1 Å². The fraction of sp³-hybridized carbons (Fsp3) is 0.217. The Kier molecular flexibility index (Phi) is 6.48. The van der Waals surface area contributed by atoms with Gasteiger partial charge < -0.3 is 0 Å². The van der Waals surface area contributed by atoms with E-state index in [4.69, 9.17) is 0 Å². The number of anilines is 2. The molecule has 0 unspecified atom stereocenters. The Bertz CT molecular complexity index is 907. The van der Waals surface area contributed by atoms with Crippen molar-refractivity contribution in [2.45, 2.75) is 32.6 Å². The molecular weight excluding hydrogens is 418 g/mol. The van der Waals surface area contributed by atoms with E-state index in [0.717, 1.165) is 6.07 Å². The second-order valence-electron chi connectivity index (χ2n) is 7.11. The van der Waals surface area contributed by atoms with Crippen molar-refractivity contribution in [3.05, 3.63) is 95.6 Å². The second kappa shape index (κ2) is 8.91. The molecule has 3 rings (SSSR count). The number of hydrogen-bond acceptors (Lipinski definition) is 2. The average molecular weight is 438 g/mol. The molecule has 0 N–H and O–H groups in total. The predicted octanol–water partition coefficient (Wildman–Crippen LogP) is 7.05. The highest BCUT2D eigenvalue weighted by atomic mass is 19.4. The number of nitrogens with zero attached hydrogens (tertiary/aromatic N) is 2. The Balaban J connectivity index is 2.03. The molecule has 0 aliphatic rings. The van der Waals surface area contributed by atoms with Gasteiger partial charge in [0.2, 0.25) is 0 Å². The molecule has 164 valence electrons. The van der Waals surface area contributed by atoms with Gasteiger partial charge in [-0.25, -0.2) is 0 Å². The molecule has 0 aliphatic carbocycles. The number of hydrogen-bond donors (Lipinski definition) is 0. The van der Waals surface area contributed by atoms with Gasteiger partial charge in [0, 0.05) is 11.4 Å². The highest BCUT2D eigenvalue weighted by Crippen LogP contribution is 2.37. The molecule has 0 saturated carbocycles. The van der Waals surface area contributed by atoms with Crippen LogP contribution in [0.3, 0.4) is 0 Å². The molecule has 0 saturated heterocycles. The molecule has 0 atom stereocenters. The van der Waals surface area contributed by atoms with Crippen molar-refractivity contribution < 1.29 is 26.3 Å². The minimum absolute atomic E-state index is 0.149. The quantitative estimate of drug-likeness (QED) is 0.301. The van der Waals surface area contributed by atoms with Crippen LogP contribution in [0, 0.1) is 6.92 Å². The van der Waals surface area contributed by atoms with Gasteiger partial charge in [-0.1, -0.05) is 60.7 Å². The molecule has 0 bridgehead atoms. The van der Waals surface area contributed by atoms with Gasteiger partial charge in [-0.05, 0) is 41.8 Å². The summed E-state index contributed by atoms with van der Waals surface area (Å²) in [5, 5.41) is 0. The normalized spacial score (nSPS) is 12.0. The molecule has 0 aliphatic heterocycles. The zero-order valence-corrected chi connectivity index (χ0v) is 16.6. The van der Waals surface area contributed by atoms with Crippen molar-refractivity contribution in [3.63, 3.8) is 0 Å². The Morgan fingerprint density at radius 3 is 1.26 bits per heavy atom. The third-order valence-corrected chi connectivity index (χ3v) is 4.65. The van der Waals surface area contributed by atoms with Crippen LogP contribution in [0.1, 0.15) is 16.7 Å². The minimum atomic E-state index is -4.77. The van der Waals surface area contributed by atoms with Crippen LogP contribution in [0.4, 0.5) is 37.7 Å². The molecule has 0 amide bonds. The van der Waals surface area contributed by atoms with Gasteiger partial charge in [-0.15, -0.1) is 0 Å². The van der Waals surface area contributed by atoms with E-state index in [9.17, 15) is 26.3 Å². The summed E-state index contributed by atoms with van der Waals surface area (Å²) in [5.41, 5.74) is 0.360. The average Bonchev–Trinajstić information content (AvgIpc) is 2.69. The summed E-state index contributed by atoms with van der Waals surface area (Å²) in [6.45, 7) is 0.441. The zero-order chi connectivity index (χ0) is 22.6. The SMILES string of the molecule is Cc1cc(N(Cc2ccccc2)C(F)(F)F)cc(N(Cc2ccccc2)C(F)(F)F)c1. The van der Waals surface area contributed by atoms with Gasteiger partial charge in [0.15, 0.2) is 0 Å². The van der Waals surface area contributed by atoms with Crippen molar-refractivity contribution in [1.82, 2.24) is 0 Å². The molecular formula is C23H20F6N2. The van der Waals surface area contributed by atoms with Crippen molar-refractivity contribution in [2.75, 3.05) is 9.80 Å². The lowest BCUT2D eigenvalue weighted by Crippen LogP contribution is -2.39. The molecule has 0 fully saturated rings. The van der Waals surface area contributed by atoms with Crippen LogP contribution in [0.25, 0.3) is 0 Å². The Hall–Kier alpha value is -3.16. The summed E-state index contributed by atoms with van der Waals surface area (Å²) >= 11 is 0. The summed E-state index contributed by atoms with van der Waals surface area (Å²) in [5.74, 6) is 0. The van der Waals surface area contributed by atoms with Crippen LogP contribution in [0.15, 0.2) is 78.9 Å². The number of benzene rings is 3. The minimum Gasteiger partial charge on any atom is -0.280 e. The maximum absolute atomic E-state index is 13.8. The van der Waals surface area contributed by atoms with Gasteiger partial charge in [0.25, 0.3) is 0 Å². The fourth-order valence-corrected chi connectivity index (χ4v) is 3.24. The standard InChI is InChI=1S/C23H20F6N2/c1-17-12-20(30(22(24,25)26)15-18-8-4-2-5-9-18)14-21(13-17)31(23(27,28)29)16-19-10-6-3-7-11-19/h2-14H,15-16H2,1H3. The highest BCUT2D eigenvalue weighted by molar-refractivity contribution is 5.62. The van der Waals surface area contributed by atoms with E-state index in [1.807, 2.05) is 0 Å². The smallest absolute Gasteiger partial charge is 0.280 e. The zero-order valence-electron chi connectivity index (χ0n) is 16.6. The van der Waals surface area contributed by atoms with E-state index in [1.54, 1.807) is 36.4 Å². The molecule has 0 aromatic heterocycles. The molecule has 3 aromatic carbocycles. The number of rotatable bonds is 6. The lowest BCUT2D eigenvalue weighted by molar-refractivity contribution is -0.130. The molecule has 31 heavy (non-hydrogen) atoms. The van der Waals surface area contributed by atoms with Crippen LogP contribution in [0.5, 0.6) is 0 Å². The van der Waals surface area contributed by atoms with Crippen molar-refractivity contribution in [1.29, 1.82) is 0 Å². The maximum Gasteiger partial charge on any atom is 0.485 e. The first-order valence-electron chi connectivity index (χ1n) is 9.42. The predicted molar refractivity (Wildman–Crippen MR) is 109 cm³/mol. The van der Waals surface area contributed by atoms with E-state index in [2.05, 4.69) is 0 Å². The van der Waals surface area contributed by atoms with Crippen molar-refractivity contribution >= 4 is 11.4 Å². The molecule has 8 heteroatoms. The first-order valence-corrected chi connectivity index (χ1v) is 9.42.